The van der Waals surface area contributed by atoms with Gasteiger partial charge in [-0.3, -0.25) is 9.59 Å². The quantitative estimate of drug-likeness (QED) is 0.332. The number of rotatable bonds is 7. The smallest absolute Gasteiger partial charge is 0.410 e. The first-order valence-corrected chi connectivity index (χ1v) is 13.0. The number of anilines is 1. The number of hydrogen-bond donors (Lipinski definition) is 1. The Kier molecular flexibility index (Phi) is 9.69. The lowest BCUT2D eigenvalue weighted by Gasteiger charge is -2.27. The molecule has 0 aliphatic carbocycles. The summed E-state index contributed by atoms with van der Waals surface area (Å²) in [4.78, 5) is 40.8. The van der Waals surface area contributed by atoms with Gasteiger partial charge < -0.3 is 19.6 Å². The summed E-state index contributed by atoms with van der Waals surface area (Å²) >= 11 is 3.59. The van der Waals surface area contributed by atoms with Gasteiger partial charge in [-0.15, -0.1) is 0 Å². The van der Waals surface area contributed by atoms with Crippen LogP contribution >= 0.6 is 15.9 Å². The van der Waals surface area contributed by atoms with Gasteiger partial charge in [0.25, 0.3) is 0 Å². The molecular weight excluding hydrogens is 536 g/mol. The molecule has 0 atom stereocenters. The highest BCUT2D eigenvalue weighted by atomic mass is 79.9. The van der Waals surface area contributed by atoms with Crippen LogP contribution in [-0.4, -0.2) is 59.4 Å². The normalized spacial score (nSPS) is 14.7. The molecule has 8 heteroatoms. The molecule has 1 fully saturated rings. The highest BCUT2D eigenvalue weighted by molar-refractivity contribution is 9.10. The molecule has 37 heavy (non-hydrogen) atoms. The SMILES string of the molecule is CC(C)(C)OC(=O)N1CCCN(c2ccc(C=CC(=O)CC(=O)C=Cc3ccc(O)cc3)c(Br)c2)CC1. The molecule has 1 saturated heterocycles. The molecule has 0 bridgehead atoms. The summed E-state index contributed by atoms with van der Waals surface area (Å²) < 4.78 is 6.34. The van der Waals surface area contributed by atoms with Crippen molar-refractivity contribution in [2.75, 3.05) is 31.1 Å². The fourth-order valence-electron chi connectivity index (χ4n) is 3.78. The number of phenols is 1. The lowest BCUT2D eigenvalue weighted by Crippen LogP contribution is -2.39. The molecule has 1 heterocycles. The van der Waals surface area contributed by atoms with Crippen molar-refractivity contribution in [1.29, 1.82) is 0 Å². The molecule has 3 rings (SSSR count). The van der Waals surface area contributed by atoms with E-state index in [9.17, 15) is 19.5 Å². The highest BCUT2D eigenvalue weighted by Crippen LogP contribution is 2.26. The molecule has 0 saturated carbocycles. The van der Waals surface area contributed by atoms with Crippen LogP contribution in [0.15, 0.2) is 59.1 Å². The van der Waals surface area contributed by atoms with Gasteiger partial charge in [0.1, 0.15) is 11.4 Å². The second-order valence-electron chi connectivity index (χ2n) is 9.88. The van der Waals surface area contributed by atoms with Crippen molar-refractivity contribution in [2.45, 2.75) is 39.2 Å². The van der Waals surface area contributed by atoms with Crippen LogP contribution in [0.1, 0.15) is 44.7 Å². The number of carbonyl (C=O) groups is 3. The van der Waals surface area contributed by atoms with Crippen LogP contribution in [0.3, 0.4) is 0 Å². The van der Waals surface area contributed by atoms with E-state index in [-0.39, 0.29) is 29.8 Å². The van der Waals surface area contributed by atoms with E-state index in [1.54, 1.807) is 29.2 Å². The van der Waals surface area contributed by atoms with Crippen LogP contribution in [0.5, 0.6) is 5.75 Å². The summed E-state index contributed by atoms with van der Waals surface area (Å²) in [5, 5.41) is 9.31. The summed E-state index contributed by atoms with van der Waals surface area (Å²) in [5.41, 5.74) is 2.10. The average molecular weight is 569 g/mol. The van der Waals surface area contributed by atoms with Gasteiger partial charge >= 0.3 is 6.09 Å². The van der Waals surface area contributed by atoms with Crippen molar-refractivity contribution in [1.82, 2.24) is 4.90 Å². The summed E-state index contributed by atoms with van der Waals surface area (Å²) in [6, 6.07) is 12.4. The number of amides is 1. The maximum absolute atomic E-state index is 12.4. The van der Waals surface area contributed by atoms with Gasteiger partial charge in [0.05, 0.1) is 6.42 Å². The van der Waals surface area contributed by atoms with E-state index in [0.717, 1.165) is 34.3 Å². The minimum Gasteiger partial charge on any atom is -0.508 e. The van der Waals surface area contributed by atoms with Gasteiger partial charge in [0, 0.05) is 36.3 Å². The number of aromatic hydroxyl groups is 1. The lowest BCUT2D eigenvalue weighted by molar-refractivity contribution is -0.121. The van der Waals surface area contributed by atoms with Gasteiger partial charge in [-0.1, -0.05) is 46.3 Å². The first-order chi connectivity index (χ1) is 17.5. The van der Waals surface area contributed by atoms with Gasteiger partial charge in [-0.2, -0.15) is 0 Å². The Morgan fingerprint density at radius 3 is 2.27 bits per heavy atom. The van der Waals surface area contributed by atoms with Crippen molar-refractivity contribution in [2.24, 2.45) is 0 Å². The molecule has 196 valence electrons. The molecule has 2 aromatic carbocycles. The van der Waals surface area contributed by atoms with Crippen molar-refractivity contribution in [3.63, 3.8) is 0 Å². The van der Waals surface area contributed by atoms with Crippen LogP contribution < -0.4 is 4.90 Å². The van der Waals surface area contributed by atoms with E-state index in [1.807, 2.05) is 39.0 Å². The van der Waals surface area contributed by atoms with Crippen molar-refractivity contribution >= 4 is 51.4 Å². The molecule has 2 aromatic rings. The first-order valence-electron chi connectivity index (χ1n) is 12.2. The Hall–Kier alpha value is -3.39. The summed E-state index contributed by atoms with van der Waals surface area (Å²) in [7, 11) is 0. The van der Waals surface area contributed by atoms with Crippen LogP contribution in [0.2, 0.25) is 0 Å². The molecule has 0 aromatic heterocycles. The van der Waals surface area contributed by atoms with E-state index in [4.69, 9.17) is 4.74 Å². The van der Waals surface area contributed by atoms with Crippen LogP contribution in [0, 0.1) is 0 Å². The zero-order valence-electron chi connectivity index (χ0n) is 21.4. The summed E-state index contributed by atoms with van der Waals surface area (Å²) in [6.45, 7) is 8.34. The van der Waals surface area contributed by atoms with Gasteiger partial charge in [-0.05, 0) is 74.7 Å². The second kappa shape index (κ2) is 12.7. The molecule has 1 aliphatic rings. The molecule has 0 spiro atoms. The zero-order valence-corrected chi connectivity index (χ0v) is 23.0. The topological polar surface area (TPSA) is 87.2 Å². The minimum atomic E-state index is -0.517. The summed E-state index contributed by atoms with van der Waals surface area (Å²) in [6.07, 6.45) is 6.43. The van der Waals surface area contributed by atoms with Crippen molar-refractivity contribution < 1.29 is 24.2 Å². The van der Waals surface area contributed by atoms with Crippen molar-refractivity contribution in [3.8, 4) is 5.75 Å². The molecule has 7 nitrogen and oxygen atoms in total. The first kappa shape index (κ1) is 28.2. The molecular formula is C29H33BrN2O5. The Morgan fingerprint density at radius 2 is 1.62 bits per heavy atom. The minimum absolute atomic E-state index is 0.152. The number of nitrogens with zero attached hydrogens (tertiary/aromatic N) is 2. The van der Waals surface area contributed by atoms with E-state index in [2.05, 4.69) is 20.8 Å². The average Bonchev–Trinajstić information content (AvgIpc) is 3.08. The number of ketones is 2. The maximum Gasteiger partial charge on any atom is 0.410 e. The number of ether oxygens (including phenoxy) is 1. The molecule has 1 amide bonds. The Labute approximate surface area is 226 Å². The molecule has 0 radical (unpaired) electrons. The van der Waals surface area contributed by atoms with E-state index >= 15 is 0 Å². The number of carbonyl (C=O) groups excluding carboxylic acids is 3. The number of halogens is 1. The van der Waals surface area contributed by atoms with Gasteiger partial charge in [0.15, 0.2) is 11.6 Å². The number of allylic oxidation sites excluding steroid dienone is 2. The third kappa shape index (κ3) is 9.21. The zero-order chi connectivity index (χ0) is 27.0. The number of hydrogen-bond acceptors (Lipinski definition) is 6. The fourth-order valence-corrected chi connectivity index (χ4v) is 4.28. The second-order valence-corrected chi connectivity index (χ2v) is 10.7. The molecule has 1 N–H and O–H groups in total. The highest BCUT2D eigenvalue weighted by Gasteiger charge is 2.24. The monoisotopic (exact) mass is 568 g/mol. The predicted octanol–water partition coefficient (Wildman–Crippen LogP) is 5.86. The van der Waals surface area contributed by atoms with Crippen LogP contribution in [0.25, 0.3) is 12.2 Å². The molecule has 0 unspecified atom stereocenters. The number of phenolic OH excluding ortho intramolecular Hbond substituents is 1. The molecule has 1 aliphatic heterocycles. The Morgan fingerprint density at radius 1 is 0.946 bits per heavy atom. The largest absolute Gasteiger partial charge is 0.508 e. The van der Waals surface area contributed by atoms with Crippen LogP contribution in [-0.2, 0) is 14.3 Å². The van der Waals surface area contributed by atoms with Crippen LogP contribution in [0.4, 0.5) is 10.5 Å². The maximum atomic E-state index is 12.4. The van der Waals surface area contributed by atoms with Gasteiger partial charge in [-0.25, -0.2) is 4.79 Å². The van der Waals surface area contributed by atoms with Crippen molar-refractivity contribution in [3.05, 3.63) is 70.2 Å². The summed E-state index contributed by atoms with van der Waals surface area (Å²) in [5.74, 6) is -0.427. The predicted molar refractivity (Wildman–Crippen MR) is 150 cm³/mol. The fraction of sp³-hybridized carbons (Fsp3) is 0.345. The standard InChI is InChI=1S/C29H33BrN2O5/c1-29(2,3)37-28(36)32-16-4-15-31(17-18-32)23-10-8-22(27(30)19-23)9-14-26(35)20-25(34)13-7-21-5-11-24(33)12-6-21/h5-14,19,33H,4,15-18,20H2,1-3H3. The lowest BCUT2D eigenvalue weighted by atomic mass is 10.1. The van der Waals surface area contributed by atoms with E-state index in [1.165, 1.54) is 24.3 Å². The van der Waals surface area contributed by atoms with Gasteiger partial charge in [0.2, 0.25) is 0 Å². The third-order valence-electron chi connectivity index (χ3n) is 5.65. The van der Waals surface area contributed by atoms with E-state index in [0.29, 0.717) is 19.6 Å². The Bertz CT molecular complexity index is 1180. The van der Waals surface area contributed by atoms with E-state index < -0.39 is 5.60 Å². The Balaban J connectivity index is 1.54. The number of benzene rings is 2. The third-order valence-corrected chi connectivity index (χ3v) is 6.34.